The molecule has 2 heterocycles. The number of nitrogens with zero attached hydrogens (tertiary/aromatic N) is 1. The van der Waals surface area contributed by atoms with Gasteiger partial charge in [-0.1, -0.05) is 6.07 Å². The number of cyclic esters (lactones) is 1. The molecular formula is C10H9NO4S. The fourth-order valence-corrected chi connectivity index (χ4v) is 2.48. The zero-order chi connectivity index (χ0) is 11.5. The number of hydrogen-bond acceptors (Lipinski definition) is 5. The van der Waals surface area contributed by atoms with E-state index in [1.165, 1.54) is 17.4 Å². The number of carbonyl (C=O) groups is 1. The van der Waals surface area contributed by atoms with Crippen LogP contribution in [0.2, 0.25) is 0 Å². The summed E-state index contributed by atoms with van der Waals surface area (Å²) in [6.07, 6.45) is 2.37. The molecule has 1 aromatic rings. The summed E-state index contributed by atoms with van der Waals surface area (Å²) >= 11 is 1.43. The Hall–Kier alpha value is -1.69. The molecule has 0 saturated heterocycles. The van der Waals surface area contributed by atoms with Gasteiger partial charge in [-0.15, -0.1) is 11.3 Å². The number of thiophene rings is 1. The summed E-state index contributed by atoms with van der Waals surface area (Å²) in [7, 11) is 0. The van der Waals surface area contributed by atoms with Crippen LogP contribution in [0.4, 0.5) is 0 Å². The third-order valence-electron chi connectivity index (χ3n) is 2.33. The topological polar surface area (TPSA) is 69.4 Å². The Labute approximate surface area is 95.5 Å². The molecule has 6 heteroatoms. The molecule has 0 fully saturated rings. The highest BCUT2D eigenvalue weighted by molar-refractivity contribution is 7.10. The van der Waals surface area contributed by atoms with Crippen LogP contribution >= 0.6 is 11.3 Å². The maximum atomic E-state index is 10.9. The molecule has 0 aromatic carbocycles. The predicted molar refractivity (Wildman–Crippen MR) is 57.9 cm³/mol. The molecule has 0 saturated carbocycles. The van der Waals surface area contributed by atoms with Crippen molar-refractivity contribution in [2.45, 2.75) is 12.0 Å². The van der Waals surface area contributed by atoms with Crippen LogP contribution in [-0.4, -0.2) is 23.5 Å². The van der Waals surface area contributed by atoms with Gasteiger partial charge in [-0.05, 0) is 17.5 Å². The van der Waals surface area contributed by atoms with Crippen LogP contribution in [0.1, 0.15) is 10.8 Å². The van der Waals surface area contributed by atoms with E-state index in [9.17, 15) is 14.9 Å². The Bertz CT molecular complexity index is 426. The molecule has 1 aliphatic heterocycles. The van der Waals surface area contributed by atoms with Crippen molar-refractivity contribution < 1.29 is 14.5 Å². The molecule has 0 amide bonds. The monoisotopic (exact) mass is 239 g/mol. The molecule has 2 rings (SSSR count). The largest absolute Gasteiger partial charge is 0.454 e. The average Bonchev–Trinajstić information content (AvgIpc) is 2.84. The first-order valence-corrected chi connectivity index (χ1v) is 5.59. The molecule has 0 bridgehead atoms. The molecule has 0 unspecified atom stereocenters. The third-order valence-corrected chi connectivity index (χ3v) is 3.33. The standard InChI is InChI=1S/C10H9NO4S/c12-10-4-3-8(15-10)7(6-11(13)14)9-2-1-5-16-9/h1-5,7-8H,6H2/t7-,8-/m1/s1. The van der Waals surface area contributed by atoms with Crippen LogP contribution in [0.15, 0.2) is 29.7 Å². The molecule has 0 radical (unpaired) electrons. The van der Waals surface area contributed by atoms with Crippen molar-refractivity contribution in [3.63, 3.8) is 0 Å². The second-order valence-electron chi connectivity index (χ2n) is 3.40. The Morgan fingerprint density at radius 1 is 1.62 bits per heavy atom. The van der Waals surface area contributed by atoms with E-state index >= 15 is 0 Å². The smallest absolute Gasteiger partial charge is 0.331 e. The van der Waals surface area contributed by atoms with Gasteiger partial charge in [0.05, 0.1) is 5.92 Å². The molecule has 5 nitrogen and oxygen atoms in total. The average molecular weight is 239 g/mol. The van der Waals surface area contributed by atoms with Gasteiger partial charge in [0.15, 0.2) is 0 Å². The van der Waals surface area contributed by atoms with Crippen molar-refractivity contribution in [3.05, 3.63) is 44.7 Å². The number of carbonyl (C=O) groups excluding carboxylic acids is 1. The van der Waals surface area contributed by atoms with E-state index in [4.69, 9.17) is 4.74 Å². The van der Waals surface area contributed by atoms with E-state index in [1.807, 2.05) is 17.5 Å². The first-order chi connectivity index (χ1) is 7.66. The molecule has 16 heavy (non-hydrogen) atoms. The molecule has 0 aliphatic carbocycles. The van der Waals surface area contributed by atoms with Gasteiger partial charge in [0.2, 0.25) is 6.54 Å². The number of hydrogen-bond donors (Lipinski definition) is 0. The Morgan fingerprint density at radius 3 is 2.94 bits per heavy atom. The van der Waals surface area contributed by atoms with E-state index in [0.717, 1.165) is 4.88 Å². The van der Waals surface area contributed by atoms with Gasteiger partial charge in [0.25, 0.3) is 0 Å². The van der Waals surface area contributed by atoms with Crippen LogP contribution < -0.4 is 0 Å². The van der Waals surface area contributed by atoms with Crippen LogP contribution in [0.3, 0.4) is 0 Å². The quantitative estimate of drug-likeness (QED) is 0.454. The van der Waals surface area contributed by atoms with E-state index in [0.29, 0.717) is 0 Å². The van der Waals surface area contributed by atoms with E-state index in [2.05, 4.69) is 0 Å². The molecule has 2 atom stereocenters. The number of nitro groups is 1. The van der Waals surface area contributed by atoms with Crippen LogP contribution in [0.5, 0.6) is 0 Å². The first kappa shape index (κ1) is 10.8. The van der Waals surface area contributed by atoms with Crippen LogP contribution in [-0.2, 0) is 9.53 Å². The van der Waals surface area contributed by atoms with E-state index < -0.39 is 18.0 Å². The maximum Gasteiger partial charge on any atom is 0.331 e. The van der Waals surface area contributed by atoms with Gasteiger partial charge >= 0.3 is 5.97 Å². The summed E-state index contributed by atoms with van der Waals surface area (Å²) in [5.74, 6) is -0.826. The number of esters is 1. The SMILES string of the molecule is O=C1C=C[C@H]([C@@H](C[N+](=O)[O-])c2cccs2)O1. The van der Waals surface area contributed by atoms with E-state index in [-0.39, 0.29) is 11.5 Å². The second-order valence-corrected chi connectivity index (χ2v) is 4.38. The lowest BCUT2D eigenvalue weighted by molar-refractivity contribution is -0.484. The minimum absolute atomic E-state index is 0.233. The predicted octanol–water partition coefficient (Wildman–Crippen LogP) is 1.59. The summed E-state index contributed by atoms with van der Waals surface area (Å²) in [4.78, 5) is 22.0. The Morgan fingerprint density at radius 2 is 2.44 bits per heavy atom. The van der Waals surface area contributed by atoms with Gasteiger partial charge in [0.1, 0.15) is 6.10 Å². The van der Waals surface area contributed by atoms with E-state index in [1.54, 1.807) is 6.08 Å². The summed E-state index contributed by atoms with van der Waals surface area (Å²) in [5, 5.41) is 12.4. The zero-order valence-electron chi connectivity index (χ0n) is 8.24. The lowest BCUT2D eigenvalue weighted by atomic mass is 10.0. The fourth-order valence-electron chi connectivity index (χ4n) is 1.62. The third kappa shape index (κ3) is 2.27. The van der Waals surface area contributed by atoms with Gasteiger partial charge in [0, 0.05) is 15.9 Å². The van der Waals surface area contributed by atoms with Crippen molar-refractivity contribution in [1.82, 2.24) is 0 Å². The highest BCUT2D eigenvalue weighted by Crippen LogP contribution is 2.29. The van der Waals surface area contributed by atoms with Crippen LogP contribution in [0, 0.1) is 10.1 Å². The second kappa shape index (κ2) is 4.44. The number of rotatable bonds is 4. The van der Waals surface area contributed by atoms with Crippen molar-refractivity contribution in [1.29, 1.82) is 0 Å². The highest BCUT2D eigenvalue weighted by Gasteiger charge is 2.32. The van der Waals surface area contributed by atoms with Crippen molar-refractivity contribution in [2.24, 2.45) is 0 Å². The van der Waals surface area contributed by atoms with Gasteiger partial charge in [-0.25, -0.2) is 4.79 Å². The maximum absolute atomic E-state index is 10.9. The molecule has 1 aliphatic rings. The normalized spacial score (nSPS) is 20.8. The minimum Gasteiger partial charge on any atom is -0.454 e. The van der Waals surface area contributed by atoms with Crippen LogP contribution in [0.25, 0.3) is 0 Å². The Kier molecular flexibility index (Phi) is 3.00. The van der Waals surface area contributed by atoms with Gasteiger partial charge in [-0.3, -0.25) is 10.1 Å². The molecule has 84 valence electrons. The van der Waals surface area contributed by atoms with Crippen molar-refractivity contribution in [2.75, 3.05) is 6.54 Å². The lowest BCUT2D eigenvalue weighted by Crippen LogP contribution is -2.24. The Balaban J connectivity index is 2.18. The summed E-state index contributed by atoms with van der Waals surface area (Å²) in [6.45, 7) is -0.233. The number of ether oxygens (including phenoxy) is 1. The first-order valence-electron chi connectivity index (χ1n) is 4.71. The van der Waals surface area contributed by atoms with Crippen molar-refractivity contribution >= 4 is 17.3 Å². The van der Waals surface area contributed by atoms with Crippen molar-refractivity contribution in [3.8, 4) is 0 Å². The highest BCUT2D eigenvalue weighted by atomic mass is 32.1. The molecule has 0 N–H and O–H groups in total. The van der Waals surface area contributed by atoms with Gasteiger partial charge < -0.3 is 4.74 Å². The lowest BCUT2D eigenvalue weighted by Gasteiger charge is -2.16. The molecular weight excluding hydrogens is 230 g/mol. The fraction of sp³-hybridized carbons (Fsp3) is 0.300. The zero-order valence-corrected chi connectivity index (χ0v) is 9.05. The minimum atomic E-state index is -0.517. The molecule has 1 aromatic heterocycles. The molecule has 0 spiro atoms. The van der Waals surface area contributed by atoms with Gasteiger partial charge in [-0.2, -0.15) is 0 Å². The summed E-state index contributed by atoms with van der Waals surface area (Å²) in [5.41, 5.74) is 0. The summed E-state index contributed by atoms with van der Waals surface area (Å²) in [6, 6.07) is 3.65. The summed E-state index contributed by atoms with van der Waals surface area (Å²) < 4.78 is 5.00.